The molecule has 1 amide bonds. The van der Waals surface area contributed by atoms with Crippen molar-refractivity contribution in [2.75, 3.05) is 17.7 Å². The monoisotopic (exact) mass is 396 g/mol. The van der Waals surface area contributed by atoms with Crippen LogP contribution in [-0.4, -0.2) is 38.1 Å². The molecule has 0 bridgehead atoms. The molecule has 1 heterocycles. The Morgan fingerprint density at radius 1 is 1.31 bits per heavy atom. The van der Waals surface area contributed by atoms with Crippen molar-refractivity contribution in [1.29, 1.82) is 0 Å². The fourth-order valence-electron chi connectivity index (χ4n) is 2.25. The molecule has 1 aromatic carbocycles. The number of aromatic nitrogens is 1. The molecule has 0 radical (unpaired) electrons. The number of thiazole rings is 1. The predicted molar refractivity (Wildman–Crippen MR) is 99.2 cm³/mol. The number of benzene rings is 1. The Morgan fingerprint density at radius 2 is 2.00 bits per heavy atom. The van der Waals surface area contributed by atoms with Gasteiger partial charge < -0.3 is 4.74 Å². The van der Waals surface area contributed by atoms with Crippen LogP contribution >= 0.6 is 11.3 Å². The number of rotatable bonds is 6. The van der Waals surface area contributed by atoms with E-state index >= 15 is 0 Å². The quantitative estimate of drug-likeness (QED) is 0.697. The van der Waals surface area contributed by atoms with E-state index in [2.05, 4.69) is 4.98 Å². The zero-order chi connectivity index (χ0) is 19.5. The molecular weight excluding hydrogens is 376 g/mol. The molecular formula is C17H20N2O5S2. The minimum Gasteiger partial charge on any atom is -0.456 e. The van der Waals surface area contributed by atoms with Crippen LogP contribution in [0, 0.1) is 6.92 Å². The van der Waals surface area contributed by atoms with Gasteiger partial charge in [0, 0.05) is 25.1 Å². The lowest BCUT2D eigenvalue weighted by Gasteiger charge is -2.14. The first-order chi connectivity index (χ1) is 12.1. The average molecular weight is 396 g/mol. The standard InChI is InChI=1S/C17H20N2O5S2/c1-5-19(12(3)20)17-18-13(10-25-17)9-24-16(21)15-8-14(26(4,22)23)7-6-11(15)2/h6-8,10H,5,9H2,1-4H3. The summed E-state index contributed by atoms with van der Waals surface area (Å²) in [4.78, 5) is 29.7. The van der Waals surface area contributed by atoms with Crippen LogP contribution in [0.1, 0.15) is 35.5 Å². The highest BCUT2D eigenvalue weighted by Crippen LogP contribution is 2.22. The lowest BCUT2D eigenvalue weighted by Crippen LogP contribution is -2.27. The zero-order valence-electron chi connectivity index (χ0n) is 15.0. The molecule has 0 unspecified atom stereocenters. The summed E-state index contributed by atoms with van der Waals surface area (Å²) in [5.41, 5.74) is 1.34. The highest BCUT2D eigenvalue weighted by Gasteiger charge is 2.17. The summed E-state index contributed by atoms with van der Waals surface area (Å²) in [5, 5.41) is 2.26. The second-order valence-electron chi connectivity index (χ2n) is 5.71. The van der Waals surface area contributed by atoms with Crippen molar-refractivity contribution in [3.8, 4) is 0 Å². The lowest BCUT2D eigenvalue weighted by molar-refractivity contribution is -0.116. The fraction of sp³-hybridized carbons (Fsp3) is 0.353. The van der Waals surface area contributed by atoms with Gasteiger partial charge in [0.05, 0.1) is 16.2 Å². The smallest absolute Gasteiger partial charge is 0.338 e. The van der Waals surface area contributed by atoms with E-state index in [1.807, 2.05) is 6.92 Å². The molecule has 0 N–H and O–H groups in total. The Balaban J connectivity index is 2.12. The van der Waals surface area contributed by atoms with Crippen LogP contribution in [0.15, 0.2) is 28.5 Å². The third-order valence-corrected chi connectivity index (χ3v) is 5.70. The second kappa shape index (κ2) is 7.96. The summed E-state index contributed by atoms with van der Waals surface area (Å²) in [7, 11) is -3.42. The number of hydrogen-bond acceptors (Lipinski definition) is 7. The van der Waals surface area contributed by atoms with E-state index in [0.717, 1.165) is 6.26 Å². The number of esters is 1. The Kier molecular flexibility index (Phi) is 6.14. The molecule has 0 fully saturated rings. The number of ether oxygens (including phenoxy) is 1. The van der Waals surface area contributed by atoms with E-state index in [1.54, 1.807) is 18.4 Å². The summed E-state index contributed by atoms with van der Waals surface area (Å²) >= 11 is 1.29. The molecule has 1 aromatic heterocycles. The van der Waals surface area contributed by atoms with E-state index in [9.17, 15) is 18.0 Å². The number of carbonyl (C=O) groups excluding carboxylic acids is 2. The van der Waals surface area contributed by atoms with E-state index in [1.165, 1.54) is 35.3 Å². The topological polar surface area (TPSA) is 93.6 Å². The van der Waals surface area contributed by atoms with Crippen LogP contribution in [0.3, 0.4) is 0 Å². The van der Waals surface area contributed by atoms with Gasteiger partial charge in [-0.15, -0.1) is 11.3 Å². The molecule has 7 nitrogen and oxygen atoms in total. The molecule has 0 aliphatic rings. The zero-order valence-corrected chi connectivity index (χ0v) is 16.6. The molecule has 0 saturated heterocycles. The number of aryl methyl sites for hydroxylation is 1. The van der Waals surface area contributed by atoms with Crippen LogP contribution in [0.4, 0.5) is 5.13 Å². The average Bonchev–Trinajstić information content (AvgIpc) is 3.00. The SMILES string of the molecule is CCN(C(C)=O)c1nc(COC(=O)c2cc(S(C)(=O)=O)ccc2C)cs1. The second-order valence-corrected chi connectivity index (χ2v) is 8.56. The summed E-state index contributed by atoms with van der Waals surface area (Å²) in [5.74, 6) is -0.736. The van der Waals surface area contributed by atoms with Gasteiger partial charge in [0.25, 0.3) is 0 Å². The largest absolute Gasteiger partial charge is 0.456 e. The number of amides is 1. The van der Waals surface area contributed by atoms with Gasteiger partial charge in [0.1, 0.15) is 6.61 Å². The van der Waals surface area contributed by atoms with Crippen molar-refractivity contribution >= 4 is 38.2 Å². The highest BCUT2D eigenvalue weighted by molar-refractivity contribution is 7.90. The van der Waals surface area contributed by atoms with Crippen molar-refractivity contribution in [2.24, 2.45) is 0 Å². The number of nitrogens with zero attached hydrogens (tertiary/aromatic N) is 2. The van der Waals surface area contributed by atoms with Crippen molar-refractivity contribution in [3.05, 3.63) is 40.4 Å². The van der Waals surface area contributed by atoms with Gasteiger partial charge in [-0.05, 0) is 31.5 Å². The number of carbonyl (C=O) groups is 2. The normalized spacial score (nSPS) is 11.2. The fourth-order valence-corrected chi connectivity index (χ4v) is 3.81. The minimum atomic E-state index is -3.42. The van der Waals surface area contributed by atoms with Crippen molar-refractivity contribution in [1.82, 2.24) is 4.98 Å². The van der Waals surface area contributed by atoms with E-state index < -0.39 is 15.8 Å². The van der Waals surface area contributed by atoms with Crippen LogP contribution < -0.4 is 4.90 Å². The molecule has 140 valence electrons. The van der Waals surface area contributed by atoms with Crippen molar-refractivity contribution in [2.45, 2.75) is 32.3 Å². The molecule has 0 atom stereocenters. The lowest BCUT2D eigenvalue weighted by atomic mass is 10.1. The molecule has 9 heteroatoms. The van der Waals surface area contributed by atoms with Crippen LogP contribution in [0.5, 0.6) is 0 Å². The van der Waals surface area contributed by atoms with Gasteiger partial charge in [-0.1, -0.05) is 6.07 Å². The van der Waals surface area contributed by atoms with Gasteiger partial charge in [-0.2, -0.15) is 0 Å². The van der Waals surface area contributed by atoms with Crippen molar-refractivity contribution < 1.29 is 22.7 Å². The maximum absolute atomic E-state index is 12.3. The summed E-state index contributed by atoms with van der Waals surface area (Å²) in [6.07, 6.45) is 1.08. The van der Waals surface area contributed by atoms with Gasteiger partial charge in [0.2, 0.25) is 5.91 Å². The Morgan fingerprint density at radius 3 is 2.58 bits per heavy atom. The number of hydrogen-bond donors (Lipinski definition) is 0. The molecule has 0 saturated carbocycles. The maximum atomic E-state index is 12.3. The van der Waals surface area contributed by atoms with Crippen molar-refractivity contribution in [3.63, 3.8) is 0 Å². The third-order valence-electron chi connectivity index (χ3n) is 3.68. The third kappa shape index (κ3) is 4.67. The minimum absolute atomic E-state index is 0.0611. The van der Waals surface area contributed by atoms with Crippen LogP contribution in [0.2, 0.25) is 0 Å². The molecule has 0 aliphatic heterocycles. The Hall–Kier alpha value is -2.26. The first-order valence-corrected chi connectivity index (χ1v) is 10.6. The van der Waals surface area contributed by atoms with Crippen LogP contribution in [-0.2, 0) is 26.0 Å². The maximum Gasteiger partial charge on any atom is 0.338 e. The molecule has 0 spiro atoms. The van der Waals surface area contributed by atoms with E-state index in [-0.39, 0.29) is 23.0 Å². The molecule has 26 heavy (non-hydrogen) atoms. The predicted octanol–water partition coefficient (Wildman–Crippen LogP) is 2.58. The number of sulfone groups is 1. The molecule has 2 aromatic rings. The summed E-state index contributed by atoms with van der Waals surface area (Å²) in [6, 6.07) is 4.34. The van der Waals surface area contributed by atoms with Gasteiger partial charge in [-0.25, -0.2) is 18.2 Å². The first kappa shape index (κ1) is 20.1. The molecule has 0 aliphatic carbocycles. The van der Waals surface area contributed by atoms with E-state index in [0.29, 0.717) is 22.9 Å². The van der Waals surface area contributed by atoms with Crippen LogP contribution in [0.25, 0.3) is 0 Å². The summed E-state index contributed by atoms with van der Waals surface area (Å²) in [6.45, 7) is 5.45. The van der Waals surface area contributed by atoms with E-state index in [4.69, 9.17) is 4.74 Å². The first-order valence-electron chi connectivity index (χ1n) is 7.83. The van der Waals surface area contributed by atoms with Gasteiger partial charge in [0.15, 0.2) is 15.0 Å². The van der Waals surface area contributed by atoms with Gasteiger partial charge >= 0.3 is 5.97 Å². The number of anilines is 1. The Labute approximate surface area is 156 Å². The Bertz CT molecular complexity index is 934. The van der Waals surface area contributed by atoms with Gasteiger partial charge in [-0.3, -0.25) is 9.69 Å². The summed E-state index contributed by atoms with van der Waals surface area (Å²) < 4.78 is 28.6. The molecule has 2 rings (SSSR count). The highest BCUT2D eigenvalue weighted by atomic mass is 32.2.